The van der Waals surface area contributed by atoms with Gasteiger partial charge in [0, 0.05) is 47.6 Å². The number of ether oxygens (including phenoxy) is 1. The summed E-state index contributed by atoms with van der Waals surface area (Å²) in [6.45, 7) is 2.18. The Morgan fingerprint density at radius 1 is 1.44 bits per heavy atom. The van der Waals surface area contributed by atoms with Gasteiger partial charge in [0.2, 0.25) is 5.91 Å². The molecule has 1 aromatic carbocycles. The third-order valence-corrected chi connectivity index (χ3v) is 2.74. The van der Waals surface area contributed by atoms with Crippen LogP contribution in [-0.2, 0) is 11.2 Å². The average Bonchev–Trinajstić information content (AvgIpc) is 2.71. The second-order valence-corrected chi connectivity index (χ2v) is 3.96. The topological polar surface area (TPSA) is 54.1 Å². The number of carbonyl (C=O) groups is 1. The van der Waals surface area contributed by atoms with Crippen molar-refractivity contribution in [3.63, 3.8) is 0 Å². The van der Waals surface area contributed by atoms with E-state index in [2.05, 4.69) is 10.3 Å². The summed E-state index contributed by atoms with van der Waals surface area (Å²) in [5.41, 5.74) is 2.27. The first-order valence-electron chi connectivity index (χ1n) is 5.59. The van der Waals surface area contributed by atoms with Gasteiger partial charge in [0.25, 0.3) is 0 Å². The van der Waals surface area contributed by atoms with Crippen LogP contribution in [0.1, 0.15) is 12.5 Å². The van der Waals surface area contributed by atoms with E-state index in [9.17, 15) is 4.79 Å². The first kappa shape index (κ1) is 14.6. The maximum atomic E-state index is 10.8. The Balaban J connectivity index is 0.00000162. The molecular weight excluding hydrogens is 295 g/mol. The van der Waals surface area contributed by atoms with Crippen LogP contribution < -0.4 is 10.1 Å². The number of carbonyl (C=O) groups excluding carboxylic acids is 1. The number of amides is 1. The zero-order chi connectivity index (χ0) is 12.3. The number of H-pyrrole nitrogens is 1. The molecule has 0 saturated carbocycles. The molecule has 2 aromatic rings. The SMILES string of the molecule is COc1ccc2[nH]cc(CCNC(C)=O)c2c1.[Se]. The third-order valence-electron chi connectivity index (χ3n) is 2.74. The molecule has 0 atom stereocenters. The molecule has 0 aliphatic rings. The summed E-state index contributed by atoms with van der Waals surface area (Å²) in [5.74, 6) is 0.847. The van der Waals surface area contributed by atoms with Gasteiger partial charge in [-0.25, -0.2) is 0 Å². The van der Waals surface area contributed by atoms with Crippen molar-refractivity contribution in [2.24, 2.45) is 0 Å². The van der Waals surface area contributed by atoms with Gasteiger partial charge < -0.3 is 15.0 Å². The van der Waals surface area contributed by atoms with Gasteiger partial charge in [-0.2, -0.15) is 0 Å². The Kier molecular flexibility index (Phi) is 5.25. The summed E-state index contributed by atoms with van der Waals surface area (Å²) in [6, 6.07) is 5.93. The first-order valence-corrected chi connectivity index (χ1v) is 5.59. The minimum absolute atomic E-state index is 0. The summed E-state index contributed by atoms with van der Waals surface area (Å²) < 4.78 is 5.21. The van der Waals surface area contributed by atoms with Crippen molar-refractivity contribution >= 4 is 33.9 Å². The second-order valence-electron chi connectivity index (χ2n) is 3.96. The van der Waals surface area contributed by atoms with E-state index in [4.69, 9.17) is 4.74 Å². The van der Waals surface area contributed by atoms with Crippen LogP contribution in [0.15, 0.2) is 24.4 Å². The zero-order valence-corrected chi connectivity index (χ0v) is 12.2. The van der Waals surface area contributed by atoms with Crippen LogP contribution in [0.4, 0.5) is 0 Å². The molecule has 0 fully saturated rings. The quantitative estimate of drug-likeness (QED) is 0.840. The molecule has 0 aliphatic carbocycles. The molecule has 0 saturated heterocycles. The fourth-order valence-corrected chi connectivity index (χ4v) is 1.86. The number of nitrogens with one attached hydrogen (secondary N) is 2. The molecule has 1 amide bonds. The van der Waals surface area contributed by atoms with Crippen molar-refractivity contribution in [3.8, 4) is 5.75 Å². The van der Waals surface area contributed by atoms with Crippen molar-refractivity contribution in [1.29, 1.82) is 0 Å². The van der Waals surface area contributed by atoms with Gasteiger partial charge in [-0.05, 0) is 30.2 Å². The smallest absolute Gasteiger partial charge is 0.216 e. The standard InChI is InChI=1S/C13H16N2O2.Se/c1-9(16)14-6-5-10-8-15-13-4-3-11(17-2)7-12(10)13;/h3-4,7-8,15H,5-6H2,1-2H3,(H,14,16);. The van der Waals surface area contributed by atoms with Crippen molar-refractivity contribution in [2.75, 3.05) is 13.7 Å². The van der Waals surface area contributed by atoms with Crippen molar-refractivity contribution < 1.29 is 9.53 Å². The molecule has 0 bridgehead atoms. The summed E-state index contributed by atoms with van der Waals surface area (Å²) in [5, 5.41) is 3.94. The van der Waals surface area contributed by atoms with Gasteiger partial charge in [-0.15, -0.1) is 0 Å². The number of fused-ring (bicyclic) bond motifs is 1. The van der Waals surface area contributed by atoms with Gasteiger partial charge in [0.05, 0.1) is 7.11 Å². The predicted octanol–water partition coefficient (Wildman–Crippen LogP) is 1.47. The molecule has 96 valence electrons. The van der Waals surface area contributed by atoms with E-state index in [0.717, 1.165) is 23.1 Å². The number of aromatic nitrogens is 1. The average molecular weight is 311 g/mol. The first-order chi connectivity index (χ1) is 8.20. The molecule has 0 spiro atoms. The Morgan fingerprint density at radius 2 is 2.22 bits per heavy atom. The molecule has 0 unspecified atom stereocenters. The Bertz CT molecular complexity index is 537. The maximum absolute atomic E-state index is 10.8. The van der Waals surface area contributed by atoms with Gasteiger partial charge in [0.15, 0.2) is 0 Å². The molecule has 4 nitrogen and oxygen atoms in total. The van der Waals surface area contributed by atoms with E-state index >= 15 is 0 Å². The molecular formula is C13H16N2O2Se. The van der Waals surface area contributed by atoms with Crippen LogP contribution in [0.25, 0.3) is 10.9 Å². The molecule has 5 heteroatoms. The van der Waals surface area contributed by atoms with E-state index in [-0.39, 0.29) is 23.0 Å². The number of hydrogen-bond donors (Lipinski definition) is 2. The minimum Gasteiger partial charge on any atom is -0.497 e. The minimum atomic E-state index is 0. The number of benzene rings is 1. The van der Waals surface area contributed by atoms with Crippen molar-refractivity contribution in [2.45, 2.75) is 13.3 Å². The van der Waals surface area contributed by atoms with Gasteiger partial charge >= 0.3 is 0 Å². The van der Waals surface area contributed by atoms with Crippen LogP contribution in [0.2, 0.25) is 0 Å². The van der Waals surface area contributed by atoms with Crippen LogP contribution in [0.5, 0.6) is 5.75 Å². The van der Waals surface area contributed by atoms with Gasteiger partial charge in [0.1, 0.15) is 5.75 Å². The van der Waals surface area contributed by atoms with E-state index in [1.807, 2.05) is 24.4 Å². The zero-order valence-electron chi connectivity index (χ0n) is 10.4. The molecule has 1 aromatic heterocycles. The van der Waals surface area contributed by atoms with E-state index in [1.54, 1.807) is 7.11 Å². The van der Waals surface area contributed by atoms with Crippen LogP contribution >= 0.6 is 0 Å². The Hall–Kier alpha value is -1.45. The van der Waals surface area contributed by atoms with Crippen molar-refractivity contribution in [1.82, 2.24) is 10.3 Å². The molecule has 18 heavy (non-hydrogen) atoms. The molecule has 1 heterocycles. The summed E-state index contributed by atoms with van der Waals surface area (Å²) >= 11 is 0. The number of methoxy groups -OCH3 is 1. The number of rotatable bonds is 4. The molecule has 2 N–H and O–H groups in total. The fraction of sp³-hybridized carbons (Fsp3) is 0.308. The summed E-state index contributed by atoms with van der Waals surface area (Å²) in [4.78, 5) is 14.0. The number of hydrogen-bond acceptors (Lipinski definition) is 2. The fourth-order valence-electron chi connectivity index (χ4n) is 1.86. The Morgan fingerprint density at radius 3 is 2.89 bits per heavy atom. The largest absolute Gasteiger partial charge is 0.497 e. The van der Waals surface area contributed by atoms with Crippen LogP contribution in [0, 0.1) is 0 Å². The maximum Gasteiger partial charge on any atom is 0.216 e. The number of aromatic amines is 1. The van der Waals surface area contributed by atoms with Gasteiger partial charge in [-0.1, -0.05) is 0 Å². The van der Waals surface area contributed by atoms with Crippen molar-refractivity contribution in [3.05, 3.63) is 30.0 Å². The molecule has 2 radical (unpaired) electrons. The van der Waals surface area contributed by atoms with E-state index in [0.29, 0.717) is 6.54 Å². The van der Waals surface area contributed by atoms with Crippen LogP contribution in [0.3, 0.4) is 0 Å². The van der Waals surface area contributed by atoms with E-state index in [1.165, 1.54) is 12.5 Å². The monoisotopic (exact) mass is 312 g/mol. The van der Waals surface area contributed by atoms with Gasteiger partial charge in [-0.3, -0.25) is 4.79 Å². The molecule has 2 rings (SSSR count). The summed E-state index contributed by atoms with van der Waals surface area (Å²) in [7, 11) is 1.66. The van der Waals surface area contributed by atoms with Crippen LogP contribution in [-0.4, -0.2) is 41.6 Å². The summed E-state index contributed by atoms with van der Waals surface area (Å²) in [6.07, 6.45) is 2.79. The predicted molar refractivity (Wildman–Crippen MR) is 73.0 cm³/mol. The second kappa shape index (κ2) is 6.47. The van der Waals surface area contributed by atoms with E-state index < -0.39 is 0 Å². The normalized spacial score (nSPS) is 9.89. The molecule has 0 aliphatic heterocycles. The third kappa shape index (κ3) is 3.28. The Labute approximate surface area is 117 Å².